The van der Waals surface area contributed by atoms with Gasteiger partial charge in [0.15, 0.2) is 11.5 Å². The zero-order chi connectivity index (χ0) is 20.6. The molecule has 7 nitrogen and oxygen atoms in total. The number of nitrogens with one attached hydrogen (secondary N) is 3. The average molecular weight is 395 g/mol. The number of benzene rings is 2. The highest BCUT2D eigenvalue weighted by molar-refractivity contribution is 5.92. The van der Waals surface area contributed by atoms with Crippen LogP contribution in [0.4, 0.5) is 10.5 Å². The summed E-state index contributed by atoms with van der Waals surface area (Å²) in [5, 5.41) is 2.65. The molecule has 2 aliphatic rings. The predicted octanol–water partition coefficient (Wildman–Crippen LogP) is 3.67. The fourth-order valence-corrected chi connectivity index (χ4v) is 3.43. The van der Waals surface area contributed by atoms with E-state index in [9.17, 15) is 9.59 Å². The number of hydrazine groups is 1. The Morgan fingerprint density at radius 3 is 2.41 bits per heavy atom. The van der Waals surface area contributed by atoms with Gasteiger partial charge in [-0.05, 0) is 41.0 Å². The maximum Gasteiger partial charge on any atom is 0.337 e. The number of hydrogen-bond donors (Lipinski definition) is 3. The van der Waals surface area contributed by atoms with Crippen molar-refractivity contribution < 1.29 is 19.1 Å². The summed E-state index contributed by atoms with van der Waals surface area (Å²) >= 11 is 0. The number of hydrogen-bond acceptors (Lipinski definition) is 4. The Morgan fingerprint density at radius 1 is 0.966 bits per heavy atom. The number of carbonyl (C=O) groups is 2. The van der Waals surface area contributed by atoms with Crippen molar-refractivity contribution in [2.24, 2.45) is 5.92 Å². The molecule has 1 saturated carbocycles. The lowest BCUT2D eigenvalue weighted by molar-refractivity contribution is -0.123. The molecule has 2 aromatic carbocycles. The van der Waals surface area contributed by atoms with E-state index in [4.69, 9.17) is 9.47 Å². The van der Waals surface area contributed by atoms with Crippen molar-refractivity contribution >= 4 is 17.6 Å². The highest BCUT2D eigenvalue weighted by Gasteiger charge is 2.44. The maximum atomic E-state index is 12.3. The number of anilines is 1. The third kappa shape index (κ3) is 4.29. The molecule has 7 heteroatoms. The number of rotatable bonds is 3. The first-order valence-corrected chi connectivity index (χ1v) is 9.68. The first-order chi connectivity index (χ1) is 13.8. The molecule has 2 atom stereocenters. The molecule has 29 heavy (non-hydrogen) atoms. The second-order valence-electron chi connectivity index (χ2n) is 8.46. The second-order valence-corrected chi connectivity index (χ2v) is 8.46. The fourth-order valence-electron chi connectivity index (χ4n) is 3.43. The average Bonchev–Trinajstić information content (AvgIpc) is 3.35. The second kappa shape index (κ2) is 7.31. The summed E-state index contributed by atoms with van der Waals surface area (Å²) in [7, 11) is 0. The smallest absolute Gasteiger partial charge is 0.337 e. The molecule has 0 spiro atoms. The lowest BCUT2D eigenvalue weighted by atomic mass is 9.86. The Balaban J connectivity index is 1.25. The van der Waals surface area contributed by atoms with E-state index in [1.54, 1.807) is 18.2 Å². The minimum Gasteiger partial charge on any atom is -0.454 e. The monoisotopic (exact) mass is 395 g/mol. The van der Waals surface area contributed by atoms with Gasteiger partial charge in [0, 0.05) is 17.7 Å². The van der Waals surface area contributed by atoms with Crippen LogP contribution in [0.2, 0.25) is 0 Å². The minimum absolute atomic E-state index is 0.105. The SMILES string of the molecule is CC(C)(C)c1ccc([C@@H]2C[C@H]2C(=O)NNC(=O)Nc2ccc3c(c2)OCO3)cc1. The Morgan fingerprint density at radius 2 is 1.69 bits per heavy atom. The van der Waals surface area contributed by atoms with Crippen LogP contribution in [-0.2, 0) is 10.2 Å². The molecular weight excluding hydrogens is 370 g/mol. The molecule has 0 unspecified atom stereocenters. The van der Waals surface area contributed by atoms with E-state index in [1.165, 1.54) is 5.56 Å². The van der Waals surface area contributed by atoms with E-state index < -0.39 is 6.03 Å². The largest absolute Gasteiger partial charge is 0.454 e. The number of carbonyl (C=O) groups excluding carboxylic acids is 2. The van der Waals surface area contributed by atoms with Gasteiger partial charge in [-0.25, -0.2) is 10.2 Å². The van der Waals surface area contributed by atoms with Crippen LogP contribution >= 0.6 is 0 Å². The standard InChI is InChI=1S/C22H25N3O4/c1-22(2,3)14-6-4-13(5-7-14)16-11-17(16)20(26)24-25-21(27)23-15-8-9-18-19(10-15)29-12-28-18/h4-10,16-17H,11-12H2,1-3H3,(H,24,26)(H2,23,25,27)/t16-,17+/m0/s1. The Kier molecular flexibility index (Phi) is 4.82. The van der Waals surface area contributed by atoms with Gasteiger partial charge in [0.2, 0.25) is 12.7 Å². The predicted molar refractivity (Wildman–Crippen MR) is 109 cm³/mol. The van der Waals surface area contributed by atoms with Gasteiger partial charge in [0.1, 0.15) is 0 Å². The highest BCUT2D eigenvalue weighted by atomic mass is 16.7. The van der Waals surface area contributed by atoms with Crippen LogP contribution in [0, 0.1) is 5.92 Å². The van der Waals surface area contributed by atoms with Gasteiger partial charge in [0.05, 0.1) is 0 Å². The molecule has 0 bridgehead atoms. The Labute approximate surface area is 169 Å². The van der Waals surface area contributed by atoms with Crippen molar-refractivity contribution in [2.45, 2.75) is 38.5 Å². The summed E-state index contributed by atoms with van der Waals surface area (Å²) in [4.78, 5) is 24.4. The quantitative estimate of drug-likeness (QED) is 0.692. The van der Waals surface area contributed by atoms with Gasteiger partial charge < -0.3 is 14.8 Å². The van der Waals surface area contributed by atoms with Crippen LogP contribution in [0.1, 0.15) is 44.2 Å². The molecule has 0 radical (unpaired) electrons. The molecular formula is C22H25N3O4. The zero-order valence-electron chi connectivity index (χ0n) is 16.7. The number of ether oxygens (including phenoxy) is 2. The van der Waals surface area contributed by atoms with Crippen LogP contribution in [0.5, 0.6) is 11.5 Å². The summed E-state index contributed by atoms with van der Waals surface area (Å²) in [6.07, 6.45) is 0.784. The van der Waals surface area contributed by atoms with Crippen molar-refractivity contribution in [1.82, 2.24) is 10.9 Å². The van der Waals surface area contributed by atoms with Crippen molar-refractivity contribution in [3.8, 4) is 11.5 Å². The van der Waals surface area contributed by atoms with Crippen molar-refractivity contribution in [2.75, 3.05) is 12.1 Å². The van der Waals surface area contributed by atoms with Gasteiger partial charge >= 0.3 is 6.03 Å². The maximum absolute atomic E-state index is 12.3. The molecule has 0 saturated heterocycles. The van der Waals surface area contributed by atoms with E-state index in [1.807, 2.05) is 0 Å². The summed E-state index contributed by atoms with van der Waals surface area (Å²) in [6, 6.07) is 13.0. The summed E-state index contributed by atoms with van der Waals surface area (Å²) in [6.45, 7) is 6.70. The zero-order valence-corrected chi connectivity index (χ0v) is 16.7. The first-order valence-electron chi connectivity index (χ1n) is 9.68. The Bertz CT molecular complexity index is 934. The van der Waals surface area contributed by atoms with Gasteiger partial charge in [-0.15, -0.1) is 0 Å². The van der Waals surface area contributed by atoms with E-state index in [-0.39, 0.29) is 30.0 Å². The van der Waals surface area contributed by atoms with Gasteiger partial charge in [-0.1, -0.05) is 45.0 Å². The lowest BCUT2D eigenvalue weighted by Gasteiger charge is -2.19. The van der Waals surface area contributed by atoms with Gasteiger partial charge in [-0.2, -0.15) is 0 Å². The van der Waals surface area contributed by atoms with E-state index in [0.717, 1.165) is 12.0 Å². The first kappa shape index (κ1) is 19.1. The van der Waals surface area contributed by atoms with Gasteiger partial charge in [-0.3, -0.25) is 10.2 Å². The molecule has 1 fully saturated rings. The molecule has 3 N–H and O–H groups in total. The normalized spacial score (nSPS) is 19.4. The number of amides is 3. The van der Waals surface area contributed by atoms with E-state index in [0.29, 0.717) is 17.2 Å². The molecule has 0 aromatic heterocycles. The van der Waals surface area contributed by atoms with Crippen molar-refractivity contribution in [3.05, 3.63) is 53.6 Å². The van der Waals surface area contributed by atoms with Gasteiger partial charge in [0.25, 0.3) is 0 Å². The van der Waals surface area contributed by atoms with E-state index >= 15 is 0 Å². The molecule has 1 aliphatic carbocycles. The van der Waals surface area contributed by atoms with Crippen LogP contribution < -0.4 is 25.6 Å². The third-order valence-electron chi connectivity index (χ3n) is 5.26. The fraction of sp³-hybridized carbons (Fsp3) is 0.364. The lowest BCUT2D eigenvalue weighted by Crippen LogP contribution is -2.44. The minimum atomic E-state index is -0.524. The molecule has 2 aromatic rings. The van der Waals surface area contributed by atoms with Crippen molar-refractivity contribution in [1.29, 1.82) is 0 Å². The van der Waals surface area contributed by atoms with Crippen LogP contribution in [0.25, 0.3) is 0 Å². The molecule has 1 aliphatic heterocycles. The van der Waals surface area contributed by atoms with Crippen LogP contribution in [-0.4, -0.2) is 18.7 Å². The number of fused-ring (bicyclic) bond motifs is 1. The van der Waals surface area contributed by atoms with E-state index in [2.05, 4.69) is 61.2 Å². The molecule has 3 amide bonds. The molecule has 1 heterocycles. The highest BCUT2D eigenvalue weighted by Crippen LogP contribution is 2.47. The Hall–Kier alpha value is -3.22. The topological polar surface area (TPSA) is 88.7 Å². The molecule has 4 rings (SSSR count). The van der Waals surface area contributed by atoms with Crippen LogP contribution in [0.3, 0.4) is 0 Å². The van der Waals surface area contributed by atoms with Crippen molar-refractivity contribution in [3.63, 3.8) is 0 Å². The summed E-state index contributed by atoms with van der Waals surface area (Å²) in [5.74, 6) is 1.10. The summed E-state index contributed by atoms with van der Waals surface area (Å²) < 4.78 is 10.5. The number of urea groups is 1. The van der Waals surface area contributed by atoms with Crippen LogP contribution in [0.15, 0.2) is 42.5 Å². The molecule has 152 valence electrons. The third-order valence-corrected chi connectivity index (χ3v) is 5.26. The summed E-state index contributed by atoms with van der Waals surface area (Å²) in [5.41, 5.74) is 7.97.